The Bertz CT molecular complexity index is 526. The second kappa shape index (κ2) is 8.50. The van der Waals surface area contributed by atoms with Crippen LogP contribution in [0.3, 0.4) is 0 Å². The molecule has 7 heteroatoms. The first-order chi connectivity index (χ1) is 11.8. The van der Waals surface area contributed by atoms with Crippen molar-refractivity contribution in [3.8, 4) is 0 Å². The van der Waals surface area contributed by atoms with Crippen molar-refractivity contribution >= 4 is 11.7 Å². The van der Waals surface area contributed by atoms with Gasteiger partial charge in [0.1, 0.15) is 0 Å². The van der Waals surface area contributed by atoms with Crippen molar-refractivity contribution in [1.29, 1.82) is 0 Å². The smallest absolute Gasteiger partial charge is 0.231 e. The van der Waals surface area contributed by atoms with E-state index in [-0.39, 0.29) is 17.9 Å². The number of likely N-dealkylation sites (tertiary alicyclic amines) is 1. The summed E-state index contributed by atoms with van der Waals surface area (Å²) in [5.74, 6) is 0.749. The first-order valence-corrected chi connectivity index (χ1v) is 8.75. The van der Waals surface area contributed by atoms with Crippen molar-refractivity contribution in [1.82, 2.24) is 14.9 Å². The highest BCUT2D eigenvalue weighted by Crippen LogP contribution is 2.31. The molecule has 0 aromatic carbocycles. The van der Waals surface area contributed by atoms with Gasteiger partial charge in [-0.2, -0.15) is 0 Å². The summed E-state index contributed by atoms with van der Waals surface area (Å²) in [5.41, 5.74) is 0. The summed E-state index contributed by atoms with van der Waals surface area (Å²) in [6.07, 6.45) is 6.90. The minimum Gasteiger partial charge on any atom is -0.380 e. The number of nitrogens with one attached hydrogen (secondary N) is 1. The Morgan fingerprint density at radius 2 is 2.42 bits per heavy atom. The molecule has 7 nitrogen and oxygen atoms in total. The van der Waals surface area contributed by atoms with Gasteiger partial charge >= 0.3 is 0 Å². The van der Waals surface area contributed by atoms with Crippen LogP contribution in [0.1, 0.15) is 19.8 Å². The number of hydrogen-bond donors (Lipinski definition) is 1. The molecule has 0 radical (unpaired) electrons. The van der Waals surface area contributed by atoms with Crippen LogP contribution in [0.4, 0.5) is 5.82 Å². The number of carbonyl (C=O) groups is 1. The third-order valence-electron chi connectivity index (χ3n) is 4.79. The number of aromatic nitrogens is 2. The van der Waals surface area contributed by atoms with E-state index in [4.69, 9.17) is 9.47 Å². The van der Waals surface area contributed by atoms with Crippen LogP contribution in [0.5, 0.6) is 0 Å². The maximum atomic E-state index is 12.4. The average molecular weight is 334 g/mol. The highest BCUT2D eigenvalue weighted by atomic mass is 16.5. The summed E-state index contributed by atoms with van der Waals surface area (Å²) in [4.78, 5) is 22.9. The van der Waals surface area contributed by atoms with Crippen molar-refractivity contribution in [2.24, 2.45) is 11.8 Å². The molecule has 2 aliphatic rings. The molecule has 132 valence electrons. The maximum absolute atomic E-state index is 12.4. The molecule has 0 saturated carbocycles. The van der Waals surface area contributed by atoms with Crippen LogP contribution in [0, 0.1) is 11.8 Å². The van der Waals surface area contributed by atoms with Gasteiger partial charge < -0.3 is 19.7 Å². The standard InChI is InChI=1S/C17H26N4O3/c1-2-23-8-7-21-6-3-15-13(11-21)9-14(12-24-15)17(22)20-16-10-18-4-5-19-16/h4-5,10,13-15H,2-3,6-9,11-12H2,1H3,(H,19,20,22)/t13-,14-,15+/m0/s1. The number of carbonyl (C=O) groups excluding carboxylic acids is 1. The lowest BCUT2D eigenvalue weighted by Crippen LogP contribution is -2.50. The summed E-state index contributed by atoms with van der Waals surface area (Å²) in [6, 6.07) is 0. The van der Waals surface area contributed by atoms with Gasteiger partial charge in [-0.05, 0) is 25.7 Å². The van der Waals surface area contributed by atoms with Gasteiger partial charge in [-0.25, -0.2) is 4.98 Å². The molecular formula is C17H26N4O3. The van der Waals surface area contributed by atoms with Gasteiger partial charge in [0.25, 0.3) is 0 Å². The Morgan fingerprint density at radius 1 is 1.50 bits per heavy atom. The molecule has 1 aromatic heterocycles. The zero-order valence-electron chi connectivity index (χ0n) is 14.2. The third-order valence-corrected chi connectivity index (χ3v) is 4.79. The number of amides is 1. The first-order valence-electron chi connectivity index (χ1n) is 8.75. The van der Waals surface area contributed by atoms with Crippen LogP contribution < -0.4 is 5.32 Å². The SMILES string of the molecule is CCOCCN1CC[C@H]2OC[C@@H](C(=O)Nc3cnccn3)C[C@H]2C1. The van der Waals surface area contributed by atoms with Crippen molar-refractivity contribution < 1.29 is 14.3 Å². The third kappa shape index (κ3) is 4.49. The molecule has 2 aliphatic heterocycles. The molecule has 2 fully saturated rings. The number of fused-ring (bicyclic) bond motifs is 1. The number of ether oxygens (including phenoxy) is 2. The molecule has 0 aliphatic carbocycles. The number of anilines is 1. The zero-order chi connectivity index (χ0) is 16.8. The minimum absolute atomic E-state index is 0.0274. The predicted octanol–water partition coefficient (Wildman–Crippen LogP) is 1.18. The molecule has 0 unspecified atom stereocenters. The molecule has 0 bridgehead atoms. The molecule has 1 N–H and O–H groups in total. The minimum atomic E-state index is -0.125. The average Bonchev–Trinajstić information content (AvgIpc) is 2.62. The number of piperidine rings is 1. The van der Waals surface area contributed by atoms with E-state index < -0.39 is 0 Å². The van der Waals surface area contributed by atoms with Crippen LogP contribution >= 0.6 is 0 Å². The molecule has 3 rings (SSSR count). The summed E-state index contributed by atoms with van der Waals surface area (Å²) in [6.45, 7) is 7.01. The molecule has 3 atom stereocenters. The molecule has 1 amide bonds. The Hall–Kier alpha value is -1.57. The Labute approximate surface area is 142 Å². The summed E-state index contributed by atoms with van der Waals surface area (Å²) < 4.78 is 11.4. The van der Waals surface area contributed by atoms with Crippen molar-refractivity contribution in [3.63, 3.8) is 0 Å². The van der Waals surface area contributed by atoms with Crippen LogP contribution in [0.2, 0.25) is 0 Å². The fourth-order valence-corrected chi connectivity index (χ4v) is 3.52. The fourth-order valence-electron chi connectivity index (χ4n) is 3.52. The lowest BCUT2D eigenvalue weighted by atomic mass is 9.83. The zero-order valence-corrected chi connectivity index (χ0v) is 14.2. The first kappa shape index (κ1) is 17.3. The van der Waals surface area contributed by atoms with E-state index >= 15 is 0 Å². The lowest BCUT2D eigenvalue weighted by molar-refractivity contribution is -0.134. The van der Waals surface area contributed by atoms with Gasteiger partial charge in [0.2, 0.25) is 5.91 Å². The number of nitrogens with zero attached hydrogens (tertiary/aromatic N) is 3. The summed E-state index contributed by atoms with van der Waals surface area (Å²) >= 11 is 0. The molecule has 3 heterocycles. The topological polar surface area (TPSA) is 76.6 Å². The Balaban J connectivity index is 1.50. The van der Waals surface area contributed by atoms with Crippen molar-refractivity contribution in [2.75, 3.05) is 44.8 Å². The summed E-state index contributed by atoms with van der Waals surface area (Å²) in [5, 5.41) is 2.83. The van der Waals surface area contributed by atoms with E-state index in [1.54, 1.807) is 18.6 Å². The maximum Gasteiger partial charge on any atom is 0.231 e. The van der Waals surface area contributed by atoms with E-state index in [0.29, 0.717) is 18.3 Å². The lowest BCUT2D eigenvalue weighted by Gasteiger charge is -2.43. The molecule has 1 aromatic rings. The monoisotopic (exact) mass is 334 g/mol. The number of rotatable bonds is 6. The normalized spacial score (nSPS) is 27.5. The Morgan fingerprint density at radius 3 is 3.21 bits per heavy atom. The van der Waals surface area contributed by atoms with Crippen LogP contribution in [0.25, 0.3) is 0 Å². The quantitative estimate of drug-likeness (QED) is 0.787. The molecular weight excluding hydrogens is 308 g/mol. The molecule has 2 saturated heterocycles. The second-order valence-corrected chi connectivity index (χ2v) is 6.43. The fraction of sp³-hybridized carbons (Fsp3) is 0.706. The predicted molar refractivity (Wildman–Crippen MR) is 89.5 cm³/mol. The summed E-state index contributed by atoms with van der Waals surface area (Å²) in [7, 11) is 0. The van der Waals surface area contributed by atoms with Crippen molar-refractivity contribution in [2.45, 2.75) is 25.9 Å². The van der Waals surface area contributed by atoms with E-state index in [1.807, 2.05) is 6.92 Å². The van der Waals surface area contributed by atoms with Crippen LogP contribution in [-0.2, 0) is 14.3 Å². The van der Waals surface area contributed by atoms with Gasteiger partial charge in [0.15, 0.2) is 5.82 Å². The van der Waals surface area contributed by atoms with Crippen molar-refractivity contribution in [3.05, 3.63) is 18.6 Å². The van der Waals surface area contributed by atoms with E-state index in [9.17, 15) is 4.79 Å². The van der Waals surface area contributed by atoms with Gasteiger partial charge in [0.05, 0.1) is 31.4 Å². The van der Waals surface area contributed by atoms with Crippen LogP contribution in [0.15, 0.2) is 18.6 Å². The highest BCUT2D eigenvalue weighted by Gasteiger charge is 2.38. The van der Waals surface area contributed by atoms with E-state index in [2.05, 4.69) is 20.2 Å². The Kier molecular flexibility index (Phi) is 6.12. The van der Waals surface area contributed by atoms with Gasteiger partial charge in [-0.15, -0.1) is 0 Å². The molecule has 24 heavy (non-hydrogen) atoms. The van der Waals surface area contributed by atoms with E-state index in [1.165, 1.54) is 0 Å². The van der Waals surface area contributed by atoms with Gasteiger partial charge in [-0.1, -0.05) is 0 Å². The highest BCUT2D eigenvalue weighted by molar-refractivity contribution is 5.91. The largest absolute Gasteiger partial charge is 0.380 e. The molecule has 0 spiro atoms. The van der Waals surface area contributed by atoms with Gasteiger partial charge in [-0.3, -0.25) is 9.78 Å². The van der Waals surface area contributed by atoms with Gasteiger partial charge in [0, 0.05) is 38.6 Å². The second-order valence-electron chi connectivity index (χ2n) is 6.43. The number of hydrogen-bond acceptors (Lipinski definition) is 6. The van der Waals surface area contributed by atoms with Crippen LogP contribution in [-0.4, -0.2) is 66.3 Å². The van der Waals surface area contributed by atoms with E-state index in [0.717, 1.165) is 45.7 Å².